The lowest BCUT2D eigenvalue weighted by Crippen LogP contribution is -2.11. The van der Waals surface area contributed by atoms with Crippen molar-refractivity contribution in [1.82, 2.24) is 9.97 Å². The monoisotopic (exact) mass is 198 g/mol. The lowest BCUT2D eigenvalue weighted by atomic mass is 10.4. The van der Waals surface area contributed by atoms with Gasteiger partial charge in [-0.2, -0.15) is 0 Å². The van der Waals surface area contributed by atoms with Crippen LogP contribution in [0.3, 0.4) is 0 Å². The lowest BCUT2D eigenvalue weighted by molar-refractivity contribution is 0.0201. The molecule has 0 unspecified atom stereocenters. The van der Waals surface area contributed by atoms with Gasteiger partial charge in [0.1, 0.15) is 5.82 Å². The summed E-state index contributed by atoms with van der Waals surface area (Å²) in [5, 5.41) is 0. The van der Waals surface area contributed by atoms with Gasteiger partial charge in [-0.1, -0.05) is 0 Å². The molecule has 0 fully saturated rings. The van der Waals surface area contributed by atoms with Gasteiger partial charge in [-0.3, -0.25) is 0 Å². The maximum atomic E-state index is 5.37. The van der Waals surface area contributed by atoms with E-state index < -0.39 is 0 Å². The highest BCUT2D eigenvalue weighted by atomic mass is 16.5. The number of imidazole rings is 1. The molecule has 0 aliphatic heterocycles. The van der Waals surface area contributed by atoms with Crippen LogP contribution in [0.2, 0.25) is 0 Å². The van der Waals surface area contributed by atoms with E-state index in [1.165, 1.54) is 0 Å². The zero-order valence-corrected chi connectivity index (χ0v) is 8.82. The van der Waals surface area contributed by atoms with E-state index in [9.17, 15) is 0 Å². The van der Waals surface area contributed by atoms with Crippen LogP contribution in [0.5, 0.6) is 0 Å². The fourth-order valence-electron chi connectivity index (χ4n) is 1.05. The zero-order valence-electron chi connectivity index (χ0n) is 8.82. The number of aromatic amines is 1. The molecule has 1 aromatic heterocycles. The Morgan fingerprint density at radius 1 is 1.36 bits per heavy atom. The first-order chi connectivity index (χ1) is 6.79. The van der Waals surface area contributed by atoms with Crippen LogP contribution < -0.4 is 0 Å². The molecule has 4 nitrogen and oxygen atoms in total. The van der Waals surface area contributed by atoms with Crippen LogP contribution >= 0.6 is 0 Å². The number of rotatable bonds is 7. The molecule has 1 aromatic rings. The Kier molecular flexibility index (Phi) is 5.25. The van der Waals surface area contributed by atoms with Gasteiger partial charge in [0.2, 0.25) is 0 Å². The number of aromatic nitrogens is 2. The van der Waals surface area contributed by atoms with Crippen molar-refractivity contribution in [3.8, 4) is 0 Å². The molecule has 0 spiro atoms. The minimum absolute atomic E-state index is 0.281. The summed E-state index contributed by atoms with van der Waals surface area (Å²) in [6, 6.07) is 0. The normalized spacial score (nSPS) is 11.1. The van der Waals surface area contributed by atoms with Crippen molar-refractivity contribution in [3.05, 3.63) is 18.2 Å². The molecule has 0 amide bonds. The van der Waals surface area contributed by atoms with Crippen molar-refractivity contribution in [2.75, 3.05) is 19.8 Å². The number of ether oxygens (including phenoxy) is 2. The lowest BCUT2D eigenvalue weighted by Gasteiger charge is -2.07. The number of nitrogens with zero attached hydrogens (tertiary/aromatic N) is 1. The number of H-pyrrole nitrogens is 1. The minimum atomic E-state index is 0.281. The Labute approximate surface area is 84.6 Å². The summed E-state index contributed by atoms with van der Waals surface area (Å²) in [6.07, 6.45) is 4.67. The van der Waals surface area contributed by atoms with Gasteiger partial charge in [0.15, 0.2) is 0 Å². The van der Waals surface area contributed by atoms with E-state index in [0.29, 0.717) is 19.8 Å². The van der Waals surface area contributed by atoms with Crippen molar-refractivity contribution in [2.24, 2.45) is 0 Å². The molecule has 4 heteroatoms. The first kappa shape index (κ1) is 11.2. The second-order valence-corrected chi connectivity index (χ2v) is 3.32. The second kappa shape index (κ2) is 6.56. The average Bonchev–Trinajstić information content (AvgIpc) is 2.63. The topological polar surface area (TPSA) is 47.1 Å². The summed E-state index contributed by atoms with van der Waals surface area (Å²) in [5.41, 5.74) is 0. The SMILES string of the molecule is CC(C)OCCOCCc1ncc[nH]1. The summed E-state index contributed by atoms with van der Waals surface area (Å²) in [4.78, 5) is 7.12. The maximum Gasteiger partial charge on any atom is 0.108 e. The zero-order chi connectivity index (χ0) is 10.2. The Bertz CT molecular complexity index is 222. The van der Waals surface area contributed by atoms with Crippen LogP contribution in [0.1, 0.15) is 19.7 Å². The Balaban J connectivity index is 1.90. The van der Waals surface area contributed by atoms with Crippen molar-refractivity contribution in [1.29, 1.82) is 0 Å². The van der Waals surface area contributed by atoms with Gasteiger partial charge in [0.25, 0.3) is 0 Å². The highest BCUT2D eigenvalue weighted by Crippen LogP contribution is 1.91. The highest BCUT2D eigenvalue weighted by Gasteiger charge is 1.95. The summed E-state index contributed by atoms with van der Waals surface area (Å²) in [5.74, 6) is 0.967. The van der Waals surface area contributed by atoms with E-state index in [2.05, 4.69) is 9.97 Å². The molecule has 1 heterocycles. The molecule has 0 aliphatic rings. The molecule has 0 atom stereocenters. The van der Waals surface area contributed by atoms with Gasteiger partial charge in [-0.15, -0.1) is 0 Å². The molecular formula is C10H18N2O2. The minimum Gasteiger partial charge on any atom is -0.379 e. The second-order valence-electron chi connectivity index (χ2n) is 3.32. The van der Waals surface area contributed by atoms with E-state index in [-0.39, 0.29) is 6.10 Å². The summed E-state index contributed by atoms with van der Waals surface area (Å²) >= 11 is 0. The molecule has 0 aliphatic carbocycles. The quantitative estimate of drug-likeness (QED) is 0.673. The molecule has 1 rings (SSSR count). The Hall–Kier alpha value is -0.870. The van der Waals surface area contributed by atoms with Crippen LogP contribution in [0.15, 0.2) is 12.4 Å². The van der Waals surface area contributed by atoms with Gasteiger partial charge in [0.05, 0.1) is 25.9 Å². The average molecular weight is 198 g/mol. The van der Waals surface area contributed by atoms with Crippen LogP contribution in [-0.4, -0.2) is 35.9 Å². The third kappa shape index (κ3) is 4.99. The third-order valence-electron chi connectivity index (χ3n) is 1.72. The predicted octanol–water partition coefficient (Wildman–Crippen LogP) is 1.39. The van der Waals surface area contributed by atoms with Crippen molar-refractivity contribution < 1.29 is 9.47 Å². The van der Waals surface area contributed by atoms with Crippen LogP contribution in [0, 0.1) is 0 Å². The highest BCUT2D eigenvalue weighted by molar-refractivity contribution is 4.86. The molecule has 0 aromatic carbocycles. The van der Waals surface area contributed by atoms with Crippen molar-refractivity contribution >= 4 is 0 Å². The first-order valence-electron chi connectivity index (χ1n) is 4.96. The smallest absolute Gasteiger partial charge is 0.108 e. The summed E-state index contributed by atoms with van der Waals surface area (Å²) < 4.78 is 10.7. The number of nitrogens with one attached hydrogen (secondary N) is 1. The fourth-order valence-corrected chi connectivity index (χ4v) is 1.05. The standard InChI is InChI=1S/C10H18N2O2/c1-9(2)14-8-7-13-6-3-10-11-4-5-12-10/h4-5,9H,3,6-8H2,1-2H3,(H,11,12). The van der Waals surface area contributed by atoms with Gasteiger partial charge >= 0.3 is 0 Å². The van der Waals surface area contributed by atoms with Crippen LogP contribution in [0.25, 0.3) is 0 Å². The molecule has 1 N–H and O–H groups in total. The number of hydrogen-bond donors (Lipinski definition) is 1. The molecule has 0 bridgehead atoms. The molecule has 0 saturated carbocycles. The summed E-state index contributed by atoms with van der Waals surface area (Å²) in [7, 11) is 0. The van der Waals surface area contributed by atoms with E-state index in [1.54, 1.807) is 6.20 Å². The largest absolute Gasteiger partial charge is 0.379 e. The first-order valence-corrected chi connectivity index (χ1v) is 4.96. The molecule has 0 saturated heterocycles. The van der Waals surface area contributed by atoms with Gasteiger partial charge in [-0.25, -0.2) is 4.98 Å². The Morgan fingerprint density at radius 3 is 2.86 bits per heavy atom. The van der Waals surface area contributed by atoms with E-state index in [4.69, 9.17) is 9.47 Å². The van der Waals surface area contributed by atoms with Gasteiger partial charge < -0.3 is 14.5 Å². The van der Waals surface area contributed by atoms with Crippen molar-refractivity contribution in [3.63, 3.8) is 0 Å². The van der Waals surface area contributed by atoms with E-state index >= 15 is 0 Å². The molecule has 0 radical (unpaired) electrons. The predicted molar refractivity (Wildman–Crippen MR) is 54.2 cm³/mol. The third-order valence-corrected chi connectivity index (χ3v) is 1.72. The Morgan fingerprint density at radius 2 is 2.21 bits per heavy atom. The fraction of sp³-hybridized carbons (Fsp3) is 0.700. The molecular weight excluding hydrogens is 180 g/mol. The molecule has 80 valence electrons. The van der Waals surface area contributed by atoms with E-state index in [1.807, 2.05) is 20.0 Å². The number of hydrogen-bond acceptors (Lipinski definition) is 3. The van der Waals surface area contributed by atoms with Crippen molar-refractivity contribution in [2.45, 2.75) is 26.4 Å². The van der Waals surface area contributed by atoms with E-state index in [0.717, 1.165) is 12.2 Å². The van der Waals surface area contributed by atoms with Gasteiger partial charge in [-0.05, 0) is 13.8 Å². The van der Waals surface area contributed by atoms with Crippen LogP contribution in [-0.2, 0) is 15.9 Å². The van der Waals surface area contributed by atoms with Gasteiger partial charge in [0, 0.05) is 18.8 Å². The van der Waals surface area contributed by atoms with Crippen LogP contribution in [0.4, 0.5) is 0 Å². The summed E-state index contributed by atoms with van der Waals surface area (Å²) in [6.45, 7) is 6.04. The maximum absolute atomic E-state index is 5.37. The molecule has 14 heavy (non-hydrogen) atoms.